The summed E-state index contributed by atoms with van der Waals surface area (Å²) in [6.07, 6.45) is -0.165. The van der Waals surface area contributed by atoms with Gasteiger partial charge in [-0.25, -0.2) is 0 Å². The lowest BCUT2D eigenvalue weighted by molar-refractivity contribution is -0.181. The fourth-order valence-electron chi connectivity index (χ4n) is 2.69. The van der Waals surface area contributed by atoms with Crippen LogP contribution in [0.25, 0.3) is 0 Å². The molecular weight excluding hydrogens is 460 g/mol. The minimum absolute atomic E-state index is 0. The van der Waals surface area contributed by atoms with Crippen molar-refractivity contribution in [1.82, 2.24) is 15.1 Å². The molecule has 2 rings (SSSR count). The third-order valence-corrected chi connectivity index (χ3v) is 4.24. The maximum Gasteiger partial charge on any atom is 0.403 e. The number of nitrogens with zero attached hydrogens (tertiary/aromatic N) is 3. The molecule has 26 heavy (non-hydrogen) atoms. The zero-order valence-corrected chi connectivity index (χ0v) is 17.2. The third-order valence-electron chi connectivity index (χ3n) is 4.24. The molecule has 1 saturated heterocycles. The Morgan fingerprint density at radius 2 is 2.08 bits per heavy atom. The Hall–Kier alpha value is -1.23. The van der Waals surface area contributed by atoms with Crippen molar-refractivity contribution < 1.29 is 17.6 Å². The topological polar surface area (TPSA) is 44.0 Å². The van der Waals surface area contributed by atoms with Gasteiger partial charge in [0.15, 0.2) is 5.96 Å². The number of hydrogen-bond donors (Lipinski definition) is 1. The highest BCUT2D eigenvalue weighted by Crippen LogP contribution is 2.25. The smallest absolute Gasteiger partial charge is 0.403 e. The van der Waals surface area contributed by atoms with Crippen LogP contribution in [0, 0.1) is 0 Å². The molecule has 1 fully saturated rings. The molecule has 2 heterocycles. The molecule has 0 aromatic carbocycles. The van der Waals surface area contributed by atoms with Crippen LogP contribution < -0.4 is 5.32 Å². The first-order chi connectivity index (χ1) is 11.9. The highest BCUT2D eigenvalue weighted by atomic mass is 127. The van der Waals surface area contributed by atoms with Gasteiger partial charge in [-0.1, -0.05) is 6.08 Å². The number of nitrogens with one attached hydrogen (secondary N) is 1. The predicted molar refractivity (Wildman–Crippen MR) is 107 cm³/mol. The zero-order valence-electron chi connectivity index (χ0n) is 14.8. The summed E-state index contributed by atoms with van der Waals surface area (Å²) in [4.78, 5) is 8.02. The van der Waals surface area contributed by atoms with Gasteiger partial charge in [-0.2, -0.15) is 13.2 Å². The van der Waals surface area contributed by atoms with Crippen LogP contribution in [-0.4, -0.2) is 67.2 Å². The highest BCUT2D eigenvalue weighted by Gasteiger charge is 2.41. The van der Waals surface area contributed by atoms with Gasteiger partial charge < -0.3 is 14.6 Å². The second-order valence-electron chi connectivity index (χ2n) is 5.94. The van der Waals surface area contributed by atoms with Crippen molar-refractivity contribution in [1.29, 1.82) is 0 Å². The zero-order chi connectivity index (χ0) is 18.3. The van der Waals surface area contributed by atoms with Crippen LogP contribution in [0.5, 0.6) is 0 Å². The molecular formula is C17H26F3IN4O. The number of piperazine rings is 1. The Balaban J connectivity index is 0.00000338. The van der Waals surface area contributed by atoms with E-state index in [0.717, 1.165) is 5.76 Å². The highest BCUT2D eigenvalue weighted by molar-refractivity contribution is 14.0. The summed E-state index contributed by atoms with van der Waals surface area (Å²) >= 11 is 0. The van der Waals surface area contributed by atoms with Gasteiger partial charge in [-0.3, -0.25) is 9.89 Å². The van der Waals surface area contributed by atoms with Crippen LogP contribution in [0.2, 0.25) is 0 Å². The van der Waals surface area contributed by atoms with Crippen molar-refractivity contribution in [2.24, 2.45) is 4.99 Å². The largest absolute Gasteiger partial charge is 0.469 e. The molecule has 0 aliphatic carbocycles. The van der Waals surface area contributed by atoms with E-state index in [-0.39, 0.29) is 24.0 Å². The van der Waals surface area contributed by atoms with Crippen LogP contribution in [-0.2, 0) is 6.42 Å². The second-order valence-corrected chi connectivity index (χ2v) is 5.94. The molecule has 1 aromatic rings. The summed E-state index contributed by atoms with van der Waals surface area (Å²) in [5.74, 6) is 1.56. The van der Waals surface area contributed by atoms with E-state index in [2.05, 4.69) is 16.9 Å². The SMILES string of the molecule is C=CCNC(=NCCc1ccco1)N1CCN(C(C)C(F)(F)F)CC1.I. The summed E-state index contributed by atoms with van der Waals surface area (Å²) in [7, 11) is 0. The van der Waals surface area contributed by atoms with Crippen LogP contribution in [0.15, 0.2) is 40.5 Å². The maximum absolute atomic E-state index is 12.8. The first-order valence-corrected chi connectivity index (χ1v) is 8.39. The van der Waals surface area contributed by atoms with E-state index < -0.39 is 12.2 Å². The van der Waals surface area contributed by atoms with E-state index >= 15 is 0 Å². The summed E-state index contributed by atoms with van der Waals surface area (Å²) in [5.41, 5.74) is 0. The van der Waals surface area contributed by atoms with Crippen LogP contribution in [0.3, 0.4) is 0 Å². The van der Waals surface area contributed by atoms with Gasteiger partial charge in [-0.15, -0.1) is 30.6 Å². The minimum atomic E-state index is -4.19. The van der Waals surface area contributed by atoms with Gasteiger partial charge >= 0.3 is 6.18 Å². The fraction of sp³-hybridized carbons (Fsp3) is 0.588. The summed E-state index contributed by atoms with van der Waals surface area (Å²) in [5, 5.41) is 3.18. The normalized spacial score (nSPS) is 17.5. The van der Waals surface area contributed by atoms with Gasteiger partial charge in [0, 0.05) is 45.7 Å². The maximum atomic E-state index is 12.8. The standard InChI is InChI=1S/C17H25F3N4O.HI/c1-3-7-21-16(22-8-6-15-5-4-13-25-15)24-11-9-23(10-12-24)14(2)17(18,19)20;/h3-5,13-14H,1,6-12H2,2H3,(H,21,22);1H. The van der Waals surface area contributed by atoms with Gasteiger partial charge in [0.1, 0.15) is 11.8 Å². The average Bonchev–Trinajstić information content (AvgIpc) is 3.10. The average molecular weight is 486 g/mol. The van der Waals surface area contributed by atoms with Crippen molar-refractivity contribution in [3.05, 3.63) is 36.8 Å². The Morgan fingerprint density at radius 3 is 2.62 bits per heavy atom. The van der Waals surface area contributed by atoms with E-state index in [4.69, 9.17) is 4.42 Å². The Morgan fingerprint density at radius 1 is 1.38 bits per heavy atom. The number of furan rings is 1. The molecule has 5 nitrogen and oxygen atoms in total. The lowest BCUT2D eigenvalue weighted by Gasteiger charge is -2.39. The van der Waals surface area contributed by atoms with Crippen molar-refractivity contribution in [2.75, 3.05) is 39.3 Å². The molecule has 1 atom stereocenters. The van der Waals surface area contributed by atoms with Crippen molar-refractivity contribution >= 4 is 29.9 Å². The third kappa shape index (κ3) is 6.82. The van der Waals surface area contributed by atoms with Gasteiger partial charge in [0.25, 0.3) is 0 Å². The minimum Gasteiger partial charge on any atom is -0.469 e. The molecule has 0 spiro atoms. The number of hydrogen-bond acceptors (Lipinski definition) is 3. The number of rotatable bonds is 6. The molecule has 1 aliphatic rings. The number of halogens is 4. The molecule has 0 saturated carbocycles. The van der Waals surface area contributed by atoms with Crippen molar-refractivity contribution in [2.45, 2.75) is 25.6 Å². The van der Waals surface area contributed by atoms with Gasteiger partial charge in [0.05, 0.1) is 6.26 Å². The molecule has 1 N–H and O–H groups in total. The van der Waals surface area contributed by atoms with E-state index in [9.17, 15) is 13.2 Å². The van der Waals surface area contributed by atoms with E-state index in [0.29, 0.717) is 51.6 Å². The molecule has 0 amide bonds. The van der Waals surface area contributed by atoms with Crippen LogP contribution in [0.1, 0.15) is 12.7 Å². The summed E-state index contributed by atoms with van der Waals surface area (Å²) in [6.45, 7) is 7.71. The Bertz CT molecular complexity index is 555. The van der Waals surface area contributed by atoms with Crippen LogP contribution >= 0.6 is 24.0 Å². The molecule has 1 aliphatic heterocycles. The molecule has 0 bridgehead atoms. The molecule has 148 valence electrons. The van der Waals surface area contributed by atoms with Gasteiger partial charge in [-0.05, 0) is 19.1 Å². The lowest BCUT2D eigenvalue weighted by atomic mass is 10.2. The lowest BCUT2D eigenvalue weighted by Crippen LogP contribution is -2.56. The quantitative estimate of drug-likeness (QED) is 0.291. The Kier molecular flexibility index (Phi) is 9.48. The fourth-order valence-corrected chi connectivity index (χ4v) is 2.69. The number of guanidine groups is 1. The molecule has 0 radical (unpaired) electrons. The second kappa shape index (κ2) is 10.8. The number of aliphatic imine (C=N–C) groups is 1. The molecule has 1 unspecified atom stereocenters. The Labute approximate surface area is 169 Å². The van der Waals surface area contributed by atoms with E-state index in [1.807, 2.05) is 17.0 Å². The van der Waals surface area contributed by atoms with E-state index in [1.165, 1.54) is 11.8 Å². The first-order valence-electron chi connectivity index (χ1n) is 8.39. The van der Waals surface area contributed by atoms with Crippen molar-refractivity contribution in [3.8, 4) is 0 Å². The summed E-state index contributed by atoms with van der Waals surface area (Å²) in [6, 6.07) is 2.30. The monoisotopic (exact) mass is 486 g/mol. The van der Waals surface area contributed by atoms with E-state index in [1.54, 1.807) is 12.3 Å². The van der Waals surface area contributed by atoms with Crippen LogP contribution in [0.4, 0.5) is 13.2 Å². The first kappa shape index (κ1) is 22.8. The predicted octanol–water partition coefficient (Wildman–Crippen LogP) is 3.14. The number of alkyl halides is 3. The molecule has 9 heteroatoms. The van der Waals surface area contributed by atoms with Gasteiger partial charge in [0.2, 0.25) is 0 Å². The summed E-state index contributed by atoms with van der Waals surface area (Å²) < 4.78 is 43.8. The molecule has 1 aromatic heterocycles. The van der Waals surface area contributed by atoms with Crippen molar-refractivity contribution in [3.63, 3.8) is 0 Å².